The first kappa shape index (κ1) is 32.7. The van der Waals surface area contributed by atoms with Gasteiger partial charge in [0, 0.05) is 11.4 Å². The van der Waals surface area contributed by atoms with Gasteiger partial charge in [0.05, 0.1) is 23.1 Å². The van der Waals surface area contributed by atoms with Crippen LogP contribution in [0.1, 0.15) is 13.8 Å². The summed E-state index contributed by atoms with van der Waals surface area (Å²) in [6, 6.07) is 14.3. The number of benzene rings is 2. The molecule has 0 radical (unpaired) electrons. The maximum absolute atomic E-state index is 10.9. The third-order valence-electron chi connectivity index (χ3n) is 4.45. The van der Waals surface area contributed by atoms with Crippen LogP contribution >= 0.6 is 34.8 Å². The summed E-state index contributed by atoms with van der Waals surface area (Å²) in [5.41, 5.74) is 6.27. The molecule has 0 saturated carbocycles. The molecule has 2 heterocycles. The lowest BCUT2D eigenvalue weighted by molar-refractivity contribution is -0.385. The maximum Gasteiger partial charge on any atom is 0.329 e. The van der Waals surface area contributed by atoms with Gasteiger partial charge in [-0.2, -0.15) is 9.97 Å². The first-order valence-electron chi connectivity index (χ1n) is 11.5. The van der Waals surface area contributed by atoms with Gasteiger partial charge in [0.2, 0.25) is 21.5 Å². The van der Waals surface area contributed by atoms with Crippen LogP contribution in [0.15, 0.2) is 60.9 Å². The zero-order valence-electron chi connectivity index (χ0n) is 21.5. The summed E-state index contributed by atoms with van der Waals surface area (Å²) >= 11 is 16.3. The fraction of sp³-hybridized carbons (Fsp3) is 0.167. The van der Waals surface area contributed by atoms with E-state index in [4.69, 9.17) is 50.0 Å². The molecule has 0 unspecified atom stereocenters. The van der Waals surface area contributed by atoms with E-state index in [1.807, 2.05) is 38.1 Å². The molecule has 0 aliphatic carbocycles. The van der Waals surface area contributed by atoms with Crippen LogP contribution in [-0.2, 0) is 0 Å². The van der Waals surface area contributed by atoms with Crippen molar-refractivity contribution in [3.8, 4) is 11.5 Å². The van der Waals surface area contributed by atoms with Gasteiger partial charge in [-0.3, -0.25) is 20.2 Å². The zero-order valence-corrected chi connectivity index (χ0v) is 23.8. The number of hydrogen-bond donors (Lipinski definition) is 2. The lowest BCUT2D eigenvalue weighted by Crippen LogP contribution is -2.01. The minimum absolute atomic E-state index is 0.0409. The van der Waals surface area contributed by atoms with Crippen molar-refractivity contribution in [1.29, 1.82) is 0 Å². The van der Waals surface area contributed by atoms with Gasteiger partial charge in [-0.15, -0.1) is 0 Å². The molecule has 0 aliphatic heterocycles. The number of nitrogen functional groups attached to an aromatic ring is 1. The number of nitrogens with two attached hydrogens (primary N) is 1. The summed E-state index contributed by atoms with van der Waals surface area (Å²) in [6.07, 6.45) is 2.02. The van der Waals surface area contributed by atoms with Gasteiger partial charge < -0.3 is 20.5 Å². The first-order valence-corrected chi connectivity index (χ1v) is 12.6. The van der Waals surface area contributed by atoms with Crippen LogP contribution in [-0.4, -0.2) is 43.0 Å². The quantitative estimate of drug-likeness (QED) is 0.0706. The van der Waals surface area contributed by atoms with Crippen molar-refractivity contribution in [3.05, 3.63) is 96.9 Å². The highest BCUT2D eigenvalue weighted by molar-refractivity contribution is 6.33. The Hall–Kier alpha value is -4.53. The molecule has 2 aromatic heterocycles. The molecule has 0 spiro atoms. The Labute approximate surface area is 248 Å². The Kier molecular flexibility index (Phi) is 13.2. The van der Waals surface area contributed by atoms with E-state index < -0.39 is 9.85 Å². The Balaban J connectivity index is 0.000000236. The fourth-order valence-electron chi connectivity index (χ4n) is 2.71. The van der Waals surface area contributed by atoms with Crippen LogP contribution in [0.2, 0.25) is 15.7 Å². The summed E-state index contributed by atoms with van der Waals surface area (Å²) < 4.78 is 10.5. The van der Waals surface area contributed by atoms with Gasteiger partial charge in [0.25, 0.3) is 0 Å². The Morgan fingerprint density at radius 2 is 1.24 bits per heavy atom. The predicted octanol–water partition coefficient (Wildman–Crippen LogP) is 6.54. The van der Waals surface area contributed by atoms with Crippen LogP contribution in [0.3, 0.4) is 0 Å². The SMILES string of the molecule is CCOc1ccc(N)cc1.CCOc1ccc(Nc2nc(Cl)ncc2[N+](=O)[O-])cc1.O=[N+]([O-])c1cnc(Cl)nc1Cl. The summed E-state index contributed by atoms with van der Waals surface area (Å²) in [7, 11) is 0. The lowest BCUT2D eigenvalue weighted by Gasteiger charge is -2.07. The van der Waals surface area contributed by atoms with E-state index in [-0.39, 0.29) is 32.9 Å². The third kappa shape index (κ3) is 11.2. The van der Waals surface area contributed by atoms with Crippen LogP contribution in [0.4, 0.5) is 28.6 Å². The van der Waals surface area contributed by atoms with Crippen molar-refractivity contribution in [2.45, 2.75) is 13.8 Å². The lowest BCUT2D eigenvalue weighted by atomic mass is 10.3. The molecule has 0 atom stereocenters. The molecule has 4 rings (SSSR count). The van der Waals surface area contributed by atoms with Crippen molar-refractivity contribution in [2.75, 3.05) is 24.3 Å². The van der Waals surface area contributed by atoms with Crippen LogP contribution in [0.25, 0.3) is 0 Å². The van der Waals surface area contributed by atoms with Crippen molar-refractivity contribution in [1.82, 2.24) is 19.9 Å². The Bertz CT molecular complexity index is 1450. The molecule has 41 heavy (non-hydrogen) atoms. The van der Waals surface area contributed by atoms with E-state index in [1.165, 1.54) is 0 Å². The molecular formula is C24H23Cl3N8O6. The Morgan fingerprint density at radius 3 is 1.71 bits per heavy atom. The fourth-order valence-corrected chi connectivity index (χ4v) is 3.21. The van der Waals surface area contributed by atoms with E-state index in [1.54, 1.807) is 24.3 Å². The Morgan fingerprint density at radius 1 is 0.780 bits per heavy atom. The minimum atomic E-state index is -0.682. The number of ether oxygens (including phenoxy) is 2. The van der Waals surface area contributed by atoms with Crippen molar-refractivity contribution in [2.24, 2.45) is 0 Å². The monoisotopic (exact) mass is 624 g/mol. The highest BCUT2D eigenvalue weighted by Gasteiger charge is 2.17. The third-order valence-corrected chi connectivity index (χ3v) is 5.09. The number of rotatable bonds is 8. The van der Waals surface area contributed by atoms with Crippen molar-refractivity contribution >= 4 is 63.4 Å². The molecule has 14 nitrogen and oxygen atoms in total. The topological polar surface area (TPSA) is 194 Å². The molecular weight excluding hydrogens is 603 g/mol. The maximum atomic E-state index is 10.9. The first-order chi connectivity index (χ1) is 19.5. The molecule has 2 aromatic carbocycles. The molecule has 0 amide bonds. The van der Waals surface area contributed by atoms with Gasteiger partial charge in [-0.1, -0.05) is 11.6 Å². The van der Waals surface area contributed by atoms with Crippen molar-refractivity contribution in [3.63, 3.8) is 0 Å². The van der Waals surface area contributed by atoms with E-state index in [0.717, 1.165) is 23.8 Å². The second-order valence-electron chi connectivity index (χ2n) is 7.29. The van der Waals surface area contributed by atoms with E-state index in [2.05, 4.69) is 25.3 Å². The molecule has 17 heteroatoms. The van der Waals surface area contributed by atoms with Crippen LogP contribution in [0.5, 0.6) is 11.5 Å². The smallest absolute Gasteiger partial charge is 0.329 e. The van der Waals surface area contributed by atoms with Crippen molar-refractivity contribution < 1.29 is 19.3 Å². The largest absolute Gasteiger partial charge is 0.494 e. The second kappa shape index (κ2) is 16.5. The standard InChI is InChI=1S/C12H11ClN4O3.C8H11NO.C4HCl2N3O2/c1-2-20-9-5-3-8(4-6-9)15-11-10(17(18)19)7-14-12(13)16-11;1-2-10-8-5-3-7(9)4-6-8;5-3-2(9(10)11)1-7-4(6)8-3/h3-7H,2H2,1H3,(H,14,15,16);3-6H,2,9H2,1H3;1H. The average Bonchev–Trinajstić information content (AvgIpc) is 2.92. The normalized spacial score (nSPS) is 9.78. The predicted molar refractivity (Wildman–Crippen MR) is 155 cm³/mol. The van der Waals surface area contributed by atoms with Crippen LogP contribution < -0.4 is 20.5 Å². The number of nitrogens with one attached hydrogen (secondary N) is 1. The average molecular weight is 626 g/mol. The molecule has 0 aliphatic rings. The van der Waals surface area contributed by atoms with Gasteiger partial charge in [0.15, 0.2) is 0 Å². The number of anilines is 3. The van der Waals surface area contributed by atoms with E-state index >= 15 is 0 Å². The number of aromatic nitrogens is 4. The molecule has 0 bridgehead atoms. The molecule has 4 aromatic rings. The summed E-state index contributed by atoms with van der Waals surface area (Å²) in [4.78, 5) is 33.9. The molecule has 3 N–H and O–H groups in total. The minimum Gasteiger partial charge on any atom is -0.494 e. The van der Waals surface area contributed by atoms with Gasteiger partial charge in [-0.25, -0.2) is 9.97 Å². The van der Waals surface area contributed by atoms with E-state index in [9.17, 15) is 20.2 Å². The second-order valence-corrected chi connectivity index (χ2v) is 8.32. The number of hydrogen-bond acceptors (Lipinski definition) is 12. The number of halogens is 3. The van der Waals surface area contributed by atoms with Crippen LogP contribution in [0, 0.1) is 20.2 Å². The molecule has 0 fully saturated rings. The molecule has 0 saturated heterocycles. The highest BCUT2D eigenvalue weighted by Crippen LogP contribution is 2.26. The molecule has 216 valence electrons. The summed E-state index contributed by atoms with van der Waals surface area (Å²) in [6.45, 7) is 5.11. The van der Waals surface area contributed by atoms with E-state index in [0.29, 0.717) is 24.7 Å². The highest BCUT2D eigenvalue weighted by atomic mass is 35.5. The van der Waals surface area contributed by atoms with Gasteiger partial charge in [0.1, 0.15) is 23.9 Å². The number of nitrogens with zero attached hydrogens (tertiary/aromatic N) is 6. The summed E-state index contributed by atoms with van der Waals surface area (Å²) in [5.74, 6) is 1.63. The van der Waals surface area contributed by atoms with Gasteiger partial charge >= 0.3 is 11.4 Å². The summed E-state index contributed by atoms with van der Waals surface area (Å²) in [5, 5.41) is 23.4. The van der Waals surface area contributed by atoms with Gasteiger partial charge in [-0.05, 0) is 85.6 Å². The number of nitro groups is 2. The zero-order chi connectivity index (χ0) is 30.4.